The summed E-state index contributed by atoms with van der Waals surface area (Å²) in [7, 11) is 2.99. The molecular formula is C14H17NO5S. The minimum atomic E-state index is -0.458. The molecule has 0 spiro atoms. The van der Waals surface area contributed by atoms with Crippen LogP contribution in [0.4, 0.5) is 5.69 Å². The van der Waals surface area contributed by atoms with Crippen LogP contribution < -0.4 is 14.4 Å². The van der Waals surface area contributed by atoms with Crippen LogP contribution in [0.25, 0.3) is 0 Å². The molecule has 1 fully saturated rings. The molecule has 6 nitrogen and oxygen atoms in total. The monoisotopic (exact) mass is 311 g/mol. The number of hydrogen-bond donors (Lipinski definition) is 1. The van der Waals surface area contributed by atoms with Crippen molar-refractivity contribution in [2.45, 2.75) is 11.7 Å². The van der Waals surface area contributed by atoms with Gasteiger partial charge in [0.05, 0.1) is 31.8 Å². The molecule has 1 aromatic rings. The predicted octanol–water partition coefficient (Wildman–Crippen LogP) is 1.06. The van der Waals surface area contributed by atoms with Crippen LogP contribution in [0, 0.1) is 0 Å². The van der Waals surface area contributed by atoms with E-state index >= 15 is 0 Å². The van der Waals surface area contributed by atoms with Crippen molar-refractivity contribution in [2.24, 2.45) is 0 Å². The fraction of sp³-hybridized carbons (Fsp3) is 0.429. The van der Waals surface area contributed by atoms with Crippen LogP contribution in [-0.2, 0) is 9.59 Å². The lowest BCUT2D eigenvalue weighted by molar-refractivity contribution is -0.121. The zero-order chi connectivity index (χ0) is 15.4. The van der Waals surface area contributed by atoms with Crippen molar-refractivity contribution in [1.29, 1.82) is 0 Å². The molecule has 2 rings (SSSR count). The number of benzene rings is 1. The third-order valence-electron chi connectivity index (χ3n) is 3.14. The van der Waals surface area contributed by atoms with Gasteiger partial charge in [0.25, 0.3) is 0 Å². The van der Waals surface area contributed by atoms with Crippen LogP contribution in [0.2, 0.25) is 0 Å². The van der Waals surface area contributed by atoms with Gasteiger partial charge in [0.15, 0.2) is 0 Å². The van der Waals surface area contributed by atoms with Gasteiger partial charge in [-0.05, 0) is 12.1 Å². The van der Waals surface area contributed by atoms with Crippen LogP contribution in [0.5, 0.6) is 11.5 Å². The number of aliphatic hydroxyl groups excluding tert-OH is 1. The Bertz CT molecular complexity index is 548. The summed E-state index contributed by atoms with van der Waals surface area (Å²) in [5.41, 5.74) is 0.388. The van der Waals surface area contributed by atoms with E-state index in [2.05, 4.69) is 0 Å². The molecule has 1 atom stereocenters. The molecular weight excluding hydrogens is 294 g/mol. The van der Waals surface area contributed by atoms with E-state index in [1.807, 2.05) is 0 Å². The molecule has 0 saturated carbocycles. The van der Waals surface area contributed by atoms with Gasteiger partial charge in [-0.15, -0.1) is 11.8 Å². The smallest absolute Gasteiger partial charge is 0.247 e. The Morgan fingerprint density at radius 3 is 2.71 bits per heavy atom. The first-order valence-corrected chi connectivity index (χ1v) is 7.48. The molecule has 114 valence electrons. The number of imide groups is 1. The van der Waals surface area contributed by atoms with Gasteiger partial charge in [0.2, 0.25) is 11.8 Å². The number of carbonyl (C=O) groups excluding carboxylic acids is 2. The summed E-state index contributed by atoms with van der Waals surface area (Å²) in [4.78, 5) is 25.7. The average molecular weight is 311 g/mol. The van der Waals surface area contributed by atoms with E-state index in [0.29, 0.717) is 22.9 Å². The number of aliphatic hydroxyl groups is 1. The lowest BCUT2D eigenvalue weighted by Crippen LogP contribution is -2.31. The Kier molecular flexibility index (Phi) is 5.08. The summed E-state index contributed by atoms with van der Waals surface area (Å²) in [6, 6.07) is 4.96. The van der Waals surface area contributed by atoms with E-state index in [-0.39, 0.29) is 24.8 Å². The van der Waals surface area contributed by atoms with Gasteiger partial charge in [-0.25, -0.2) is 4.90 Å². The van der Waals surface area contributed by atoms with Crippen molar-refractivity contribution in [2.75, 3.05) is 31.5 Å². The van der Waals surface area contributed by atoms with Crippen molar-refractivity contribution < 1.29 is 24.2 Å². The molecule has 1 N–H and O–H groups in total. The maximum Gasteiger partial charge on any atom is 0.247 e. The Labute approximate surface area is 127 Å². The molecule has 1 saturated heterocycles. The van der Waals surface area contributed by atoms with Crippen LogP contribution in [0.15, 0.2) is 18.2 Å². The number of carbonyl (C=O) groups is 2. The molecule has 0 unspecified atom stereocenters. The number of methoxy groups -OCH3 is 2. The Balaban J connectivity index is 2.32. The third kappa shape index (κ3) is 3.14. The molecule has 2 amide bonds. The van der Waals surface area contributed by atoms with Crippen molar-refractivity contribution in [1.82, 2.24) is 0 Å². The van der Waals surface area contributed by atoms with Crippen LogP contribution in [0.3, 0.4) is 0 Å². The highest BCUT2D eigenvalue weighted by atomic mass is 32.2. The largest absolute Gasteiger partial charge is 0.497 e. The number of nitrogens with zero attached hydrogens (tertiary/aromatic N) is 1. The first-order valence-electron chi connectivity index (χ1n) is 6.43. The van der Waals surface area contributed by atoms with Gasteiger partial charge >= 0.3 is 0 Å². The summed E-state index contributed by atoms with van der Waals surface area (Å²) in [5.74, 6) is 0.836. The van der Waals surface area contributed by atoms with Gasteiger partial charge in [-0.1, -0.05) is 0 Å². The van der Waals surface area contributed by atoms with E-state index in [1.165, 1.54) is 26.0 Å². The summed E-state index contributed by atoms with van der Waals surface area (Å²) in [6.07, 6.45) is 0.129. The molecule has 1 aromatic carbocycles. The molecule has 0 aromatic heterocycles. The second-order valence-electron chi connectivity index (χ2n) is 4.39. The summed E-state index contributed by atoms with van der Waals surface area (Å²) in [6.45, 7) is -0.0227. The fourth-order valence-corrected chi connectivity index (χ4v) is 3.05. The van der Waals surface area contributed by atoms with Crippen LogP contribution in [-0.4, -0.2) is 48.8 Å². The first-order chi connectivity index (χ1) is 10.1. The molecule has 0 aliphatic carbocycles. The van der Waals surface area contributed by atoms with Crippen LogP contribution in [0.1, 0.15) is 6.42 Å². The van der Waals surface area contributed by atoms with Crippen molar-refractivity contribution in [3.63, 3.8) is 0 Å². The van der Waals surface area contributed by atoms with Gasteiger partial charge < -0.3 is 14.6 Å². The van der Waals surface area contributed by atoms with Crippen LogP contribution >= 0.6 is 11.8 Å². The Hall–Kier alpha value is -1.73. The quantitative estimate of drug-likeness (QED) is 0.792. The number of ether oxygens (including phenoxy) is 2. The van der Waals surface area contributed by atoms with Crippen molar-refractivity contribution in [3.05, 3.63) is 18.2 Å². The Morgan fingerprint density at radius 2 is 2.10 bits per heavy atom. The zero-order valence-electron chi connectivity index (χ0n) is 11.9. The highest BCUT2D eigenvalue weighted by Crippen LogP contribution is 2.37. The minimum Gasteiger partial charge on any atom is -0.497 e. The third-order valence-corrected chi connectivity index (χ3v) is 4.33. The van der Waals surface area contributed by atoms with Gasteiger partial charge in [0.1, 0.15) is 11.5 Å². The first kappa shape index (κ1) is 15.7. The van der Waals surface area contributed by atoms with E-state index in [4.69, 9.17) is 14.6 Å². The second kappa shape index (κ2) is 6.82. The van der Waals surface area contributed by atoms with E-state index in [9.17, 15) is 9.59 Å². The number of thioether (sulfide) groups is 1. The number of rotatable bonds is 6. The molecule has 1 heterocycles. The maximum absolute atomic E-state index is 12.4. The molecule has 7 heteroatoms. The molecule has 1 aliphatic heterocycles. The summed E-state index contributed by atoms with van der Waals surface area (Å²) < 4.78 is 10.4. The second-order valence-corrected chi connectivity index (χ2v) is 5.70. The fourth-order valence-electron chi connectivity index (χ4n) is 2.15. The van der Waals surface area contributed by atoms with Gasteiger partial charge in [0, 0.05) is 18.2 Å². The molecule has 0 radical (unpaired) electrons. The van der Waals surface area contributed by atoms with Gasteiger partial charge in [-0.2, -0.15) is 0 Å². The van der Waals surface area contributed by atoms with E-state index < -0.39 is 5.25 Å². The minimum absolute atomic E-state index is 0.0227. The topological polar surface area (TPSA) is 76.1 Å². The highest BCUT2D eigenvalue weighted by molar-refractivity contribution is 8.00. The SMILES string of the molecule is COc1ccc(OC)c(N2C(=O)C[C@H](SCCO)C2=O)c1. The molecule has 21 heavy (non-hydrogen) atoms. The van der Waals surface area contributed by atoms with Gasteiger partial charge in [-0.3, -0.25) is 9.59 Å². The summed E-state index contributed by atoms with van der Waals surface area (Å²) >= 11 is 1.28. The lowest BCUT2D eigenvalue weighted by Gasteiger charge is -2.18. The molecule has 1 aliphatic rings. The predicted molar refractivity (Wildman–Crippen MR) is 80.0 cm³/mol. The number of hydrogen-bond acceptors (Lipinski definition) is 6. The van der Waals surface area contributed by atoms with E-state index in [0.717, 1.165) is 4.90 Å². The average Bonchev–Trinajstić information content (AvgIpc) is 2.78. The normalized spacial score (nSPS) is 18.2. The van der Waals surface area contributed by atoms with Crippen molar-refractivity contribution in [3.8, 4) is 11.5 Å². The maximum atomic E-state index is 12.4. The Morgan fingerprint density at radius 1 is 1.33 bits per heavy atom. The van der Waals surface area contributed by atoms with Crippen molar-refractivity contribution >= 4 is 29.3 Å². The zero-order valence-corrected chi connectivity index (χ0v) is 12.7. The van der Waals surface area contributed by atoms with E-state index in [1.54, 1.807) is 18.2 Å². The molecule has 0 bridgehead atoms. The lowest BCUT2D eigenvalue weighted by atomic mass is 10.2. The standard InChI is InChI=1S/C14H17NO5S/c1-19-9-3-4-11(20-2)10(7-9)15-13(17)8-12(14(15)18)21-6-5-16/h3-4,7,12,16H,5-6,8H2,1-2H3/t12-/m0/s1. The summed E-state index contributed by atoms with van der Waals surface area (Å²) in [5, 5.41) is 8.39. The number of anilines is 1. The number of amides is 2. The highest BCUT2D eigenvalue weighted by Gasteiger charge is 2.41.